The molecule has 1 aromatic rings. The fourth-order valence-electron chi connectivity index (χ4n) is 2.53. The number of rotatable bonds is 5. The van der Waals surface area contributed by atoms with Gasteiger partial charge in [-0.25, -0.2) is 9.59 Å². The second-order valence-electron chi connectivity index (χ2n) is 5.06. The average Bonchev–Trinajstić information content (AvgIpc) is 2.54. The summed E-state index contributed by atoms with van der Waals surface area (Å²) < 4.78 is 10.9. The fourth-order valence-corrected chi connectivity index (χ4v) is 3.09. The van der Waals surface area contributed by atoms with E-state index in [1.54, 1.807) is 13.2 Å². The number of amides is 2. The van der Waals surface area contributed by atoms with Crippen LogP contribution in [0.3, 0.4) is 0 Å². The van der Waals surface area contributed by atoms with Crippen LogP contribution in [0.25, 0.3) is 0 Å². The smallest absolute Gasteiger partial charge is 0.337 e. The summed E-state index contributed by atoms with van der Waals surface area (Å²) in [5.41, 5.74) is 1.78. The van der Waals surface area contributed by atoms with Gasteiger partial charge in [0.2, 0.25) is 0 Å². The van der Waals surface area contributed by atoms with E-state index >= 15 is 0 Å². The highest BCUT2D eigenvalue weighted by molar-refractivity contribution is 9.10. The van der Waals surface area contributed by atoms with Gasteiger partial charge >= 0.3 is 12.0 Å². The third-order valence-electron chi connectivity index (χ3n) is 3.57. The molecule has 2 rings (SSSR count). The van der Waals surface area contributed by atoms with E-state index in [1.165, 1.54) is 7.11 Å². The lowest BCUT2D eigenvalue weighted by Gasteiger charge is -2.29. The van der Waals surface area contributed by atoms with Crippen LogP contribution in [0.1, 0.15) is 31.4 Å². The van der Waals surface area contributed by atoms with Crippen LogP contribution in [0.2, 0.25) is 0 Å². The van der Waals surface area contributed by atoms with Crippen molar-refractivity contribution in [3.05, 3.63) is 39.5 Å². The summed E-state index contributed by atoms with van der Waals surface area (Å²) in [6.45, 7) is 1.98. The number of ether oxygens (including phenoxy) is 2. The van der Waals surface area contributed by atoms with Crippen LogP contribution in [0.4, 0.5) is 4.79 Å². The lowest BCUT2D eigenvalue weighted by molar-refractivity contribution is -0.136. The van der Waals surface area contributed by atoms with E-state index in [4.69, 9.17) is 9.47 Å². The number of benzene rings is 1. The molecule has 1 unspecified atom stereocenters. The Balaban J connectivity index is 2.52. The highest BCUT2D eigenvalue weighted by Gasteiger charge is 2.33. The van der Waals surface area contributed by atoms with Gasteiger partial charge in [0.1, 0.15) is 5.75 Å². The van der Waals surface area contributed by atoms with E-state index in [-0.39, 0.29) is 6.03 Å². The molecule has 6 nitrogen and oxygen atoms in total. The van der Waals surface area contributed by atoms with E-state index in [1.807, 2.05) is 19.1 Å². The zero-order chi connectivity index (χ0) is 17.0. The van der Waals surface area contributed by atoms with Gasteiger partial charge in [0.15, 0.2) is 0 Å². The van der Waals surface area contributed by atoms with Crippen molar-refractivity contribution in [3.63, 3.8) is 0 Å². The molecule has 0 aliphatic carbocycles. The van der Waals surface area contributed by atoms with Crippen molar-refractivity contribution >= 4 is 27.9 Å². The van der Waals surface area contributed by atoms with Crippen molar-refractivity contribution in [2.75, 3.05) is 14.2 Å². The predicted octanol–water partition coefficient (Wildman–Crippen LogP) is 3.04. The molecule has 0 aromatic heterocycles. The summed E-state index contributed by atoms with van der Waals surface area (Å²) in [4.78, 5) is 24.2. The van der Waals surface area contributed by atoms with Crippen molar-refractivity contribution in [3.8, 4) is 5.75 Å². The Labute approximate surface area is 143 Å². The molecule has 1 heterocycles. The molecule has 0 spiro atoms. The summed E-state index contributed by atoms with van der Waals surface area (Å²) >= 11 is 3.42. The highest BCUT2D eigenvalue weighted by Crippen LogP contribution is 2.33. The van der Waals surface area contributed by atoms with Crippen LogP contribution >= 0.6 is 15.9 Å². The molecular formula is C16H19BrN2O4. The molecule has 1 aliphatic heterocycles. The molecule has 2 N–H and O–H groups in total. The lowest BCUT2D eigenvalue weighted by atomic mass is 9.94. The summed E-state index contributed by atoms with van der Waals surface area (Å²) in [6, 6.07) is 4.51. The number of carbonyl (C=O) groups excluding carboxylic acids is 2. The molecule has 1 aromatic carbocycles. The van der Waals surface area contributed by atoms with Gasteiger partial charge in [-0.3, -0.25) is 0 Å². The van der Waals surface area contributed by atoms with Crippen LogP contribution in [0.5, 0.6) is 5.75 Å². The molecule has 0 radical (unpaired) electrons. The van der Waals surface area contributed by atoms with Gasteiger partial charge in [-0.1, -0.05) is 19.4 Å². The van der Waals surface area contributed by atoms with Crippen molar-refractivity contribution in [1.82, 2.24) is 10.6 Å². The van der Waals surface area contributed by atoms with Gasteiger partial charge in [0.05, 0.1) is 30.3 Å². The van der Waals surface area contributed by atoms with Crippen LogP contribution in [-0.2, 0) is 9.53 Å². The molecule has 1 aliphatic rings. The Morgan fingerprint density at radius 3 is 2.65 bits per heavy atom. The Morgan fingerprint density at radius 2 is 2.09 bits per heavy atom. The number of esters is 1. The first-order valence-corrected chi connectivity index (χ1v) is 8.03. The van der Waals surface area contributed by atoms with Crippen molar-refractivity contribution in [2.45, 2.75) is 25.8 Å². The van der Waals surface area contributed by atoms with Crippen molar-refractivity contribution in [1.29, 1.82) is 0 Å². The summed E-state index contributed by atoms with van der Waals surface area (Å²) in [6.07, 6.45) is 1.39. The fraction of sp³-hybridized carbons (Fsp3) is 0.375. The topological polar surface area (TPSA) is 76.7 Å². The van der Waals surface area contributed by atoms with E-state index < -0.39 is 12.0 Å². The van der Waals surface area contributed by atoms with E-state index in [0.29, 0.717) is 23.4 Å². The zero-order valence-corrected chi connectivity index (χ0v) is 14.8. The summed E-state index contributed by atoms with van der Waals surface area (Å²) in [5.74, 6) is 0.212. The second kappa shape index (κ2) is 7.50. The Hall–Kier alpha value is -2.02. The standard InChI is InChI=1S/C16H19BrN2O4/c1-4-5-11-13(15(20)23-3)14(19-16(21)18-11)9-6-7-12(22-2)10(17)8-9/h6-8,14H,4-5H2,1-3H3,(H2,18,19,21). The quantitative estimate of drug-likeness (QED) is 0.767. The minimum atomic E-state index is -0.569. The van der Waals surface area contributed by atoms with Gasteiger partial charge in [-0.15, -0.1) is 0 Å². The maximum Gasteiger partial charge on any atom is 0.337 e. The van der Waals surface area contributed by atoms with E-state index in [0.717, 1.165) is 16.5 Å². The average molecular weight is 383 g/mol. The first-order chi connectivity index (χ1) is 11.0. The number of halogens is 1. The number of methoxy groups -OCH3 is 2. The zero-order valence-electron chi connectivity index (χ0n) is 13.2. The molecule has 0 bridgehead atoms. The minimum Gasteiger partial charge on any atom is -0.496 e. The Bertz CT molecular complexity index is 657. The molecule has 2 amide bonds. The maximum atomic E-state index is 12.2. The van der Waals surface area contributed by atoms with Crippen LogP contribution in [0.15, 0.2) is 33.9 Å². The van der Waals surface area contributed by atoms with Crippen LogP contribution in [-0.4, -0.2) is 26.2 Å². The van der Waals surface area contributed by atoms with Gasteiger partial charge < -0.3 is 20.1 Å². The third-order valence-corrected chi connectivity index (χ3v) is 4.19. The van der Waals surface area contributed by atoms with Gasteiger partial charge in [-0.2, -0.15) is 0 Å². The van der Waals surface area contributed by atoms with Crippen LogP contribution in [0, 0.1) is 0 Å². The highest BCUT2D eigenvalue weighted by atomic mass is 79.9. The third kappa shape index (κ3) is 3.67. The summed E-state index contributed by atoms with van der Waals surface area (Å²) in [7, 11) is 2.90. The number of carbonyl (C=O) groups is 2. The number of nitrogens with one attached hydrogen (secondary N) is 2. The number of hydrogen-bond acceptors (Lipinski definition) is 4. The first kappa shape index (κ1) is 17.3. The monoisotopic (exact) mass is 382 g/mol. The Morgan fingerprint density at radius 1 is 1.35 bits per heavy atom. The van der Waals surface area contributed by atoms with Crippen molar-refractivity contribution in [2.24, 2.45) is 0 Å². The second-order valence-corrected chi connectivity index (χ2v) is 5.91. The number of hydrogen-bond donors (Lipinski definition) is 2. The molecule has 0 fully saturated rings. The molecule has 124 valence electrons. The Kier molecular flexibility index (Phi) is 5.65. The van der Waals surface area contributed by atoms with E-state index in [9.17, 15) is 9.59 Å². The van der Waals surface area contributed by atoms with Crippen LogP contribution < -0.4 is 15.4 Å². The van der Waals surface area contributed by atoms with Crippen molar-refractivity contribution < 1.29 is 19.1 Å². The lowest BCUT2D eigenvalue weighted by Crippen LogP contribution is -2.45. The number of urea groups is 1. The van der Waals surface area contributed by atoms with E-state index in [2.05, 4.69) is 26.6 Å². The number of allylic oxidation sites excluding steroid dienone is 1. The molecule has 23 heavy (non-hydrogen) atoms. The SMILES string of the molecule is CCCC1=C(C(=O)OC)C(c2ccc(OC)c(Br)c2)NC(=O)N1. The summed E-state index contributed by atoms with van der Waals surface area (Å²) in [5, 5.41) is 5.49. The van der Waals surface area contributed by atoms with Gasteiger partial charge in [0.25, 0.3) is 0 Å². The van der Waals surface area contributed by atoms with Gasteiger partial charge in [0, 0.05) is 5.70 Å². The molecule has 1 atom stereocenters. The molecular weight excluding hydrogens is 364 g/mol. The molecule has 7 heteroatoms. The first-order valence-electron chi connectivity index (χ1n) is 7.24. The molecule has 0 saturated carbocycles. The van der Waals surface area contributed by atoms with Gasteiger partial charge in [-0.05, 0) is 40.0 Å². The minimum absolute atomic E-state index is 0.335. The predicted molar refractivity (Wildman–Crippen MR) is 89.1 cm³/mol. The maximum absolute atomic E-state index is 12.2. The molecule has 0 saturated heterocycles. The normalized spacial score (nSPS) is 17.4. The largest absolute Gasteiger partial charge is 0.496 e.